The van der Waals surface area contributed by atoms with Crippen LogP contribution in [-0.2, 0) is 4.79 Å². The van der Waals surface area contributed by atoms with Gasteiger partial charge in [0.1, 0.15) is 11.9 Å². The fraction of sp³-hybridized carbons (Fsp3) is 0.333. The summed E-state index contributed by atoms with van der Waals surface area (Å²) in [6, 6.07) is 6.26. The molecule has 4 rings (SSSR count). The first-order chi connectivity index (χ1) is 14.8. The second-order valence-corrected chi connectivity index (χ2v) is 9.26. The number of halogens is 2. The molecule has 0 radical (unpaired) electrons. The summed E-state index contributed by atoms with van der Waals surface area (Å²) in [6.45, 7) is 4.20. The topological polar surface area (TPSA) is 88.3 Å². The fourth-order valence-electron chi connectivity index (χ4n) is 3.56. The Bertz CT molecular complexity index is 1100. The number of carbonyl (C=O) groups is 2. The Hall–Kier alpha value is -2.78. The van der Waals surface area contributed by atoms with Crippen LogP contribution in [0.4, 0.5) is 4.39 Å². The first kappa shape index (κ1) is 21.5. The van der Waals surface area contributed by atoms with Gasteiger partial charge in [-0.15, -0.1) is 11.3 Å². The van der Waals surface area contributed by atoms with Crippen LogP contribution < -0.4 is 5.32 Å². The third-order valence-electron chi connectivity index (χ3n) is 5.06. The minimum absolute atomic E-state index is 0.0997. The normalized spacial score (nSPS) is 19.0. The Morgan fingerprint density at radius 3 is 2.74 bits per heavy atom. The van der Waals surface area contributed by atoms with Crippen LogP contribution >= 0.6 is 22.9 Å². The lowest BCUT2D eigenvalue weighted by Gasteiger charge is -2.39. The average Bonchev–Trinajstić information content (AvgIpc) is 3.38. The van der Waals surface area contributed by atoms with Crippen molar-refractivity contribution >= 4 is 34.8 Å². The Balaban J connectivity index is 1.63. The molecule has 2 unspecified atom stereocenters. The molecule has 162 valence electrons. The SMILES string of the molecule is CC(C)CC1C(=O)NC(c2ccsc2Cl)CN1C(=O)c1noc(-c2ccc(F)cc2)n1. The molecular formula is C21H20ClFN4O3S. The molecule has 3 aromatic rings. The molecule has 2 amide bonds. The lowest BCUT2D eigenvalue weighted by molar-refractivity contribution is -0.130. The zero-order valence-corrected chi connectivity index (χ0v) is 18.4. The van der Waals surface area contributed by atoms with E-state index >= 15 is 0 Å². The number of hydrogen-bond acceptors (Lipinski definition) is 6. The van der Waals surface area contributed by atoms with E-state index in [0.29, 0.717) is 16.3 Å². The minimum atomic E-state index is -0.658. The van der Waals surface area contributed by atoms with Crippen molar-refractivity contribution in [1.82, 2.24) is 20.4 Å². The number of carbonyl (C=O) groups excluding carboxylic acids is 2. The van der Waals surface area contributed by atoms with E-state index in [1.54, 1.807) is 0 Å². The fourth-order valence-corrected chi connectivity index (χ4v) is 4.59. The molecule has 0 saturated carbocycles. The van der Waals surface area contributed by atoms with Crippen LogP contribution in [-0.4, -0.2) is 39.4 Å². The van der Waals surface area contributed by atoms with Crippen LogP contribution in [0.25, 0.3) is 11.5 Å². The van der Waals surface area contributed by atoms with Gasteiger partial charge in [-0.2, -0.15) is 4.98 Å². The molecule has 7 nitrogen and oxygen atoms in total. The molecule has 2 atom stereocenters. The van der Waals surface area contributed by atoms with Gasteiger partial charge >= 0.3 is 0 Å². The van der Waals surface area contributed by atoms with E-state index in [4.69, 9.17) is 16.1 Å². The highest BCUT2D eigenvalue weighted by Gasteiger charge is 2.40. The van der Waals surface area contributed by atoms with Crippen molar-refractivity contribution < 1.29 is 18.5 Å². The van der Waals surface area contributed by atoms with Gasteiger partial charge in [-0.25, -0.2) is 4.39 Å². The molecule has 2 aromatic heterocycles. The summed E-state index contributed by atoms with van der Waals surface area (Å²) in [5.74, 6) is -1.02. The number of thiophene rings is 1. The van der Waals surface area contributed by atoms with Crippen molar-refractivity contribution in [1.29, 1.82) is 0 Å². The smallest absolute Gasteiger partial charge is 0.296 e. The Morgan fingerprint density at radius 2 is 2.10 bits per heavy atom. The molecule has 1 fully saturated rings. The summed E-state index contributed by atoms with van der Waals surface area (Å²) < 4.78 is 19.0. The van der Waals surface area contributed by atoms with Crippen molar-refractivity contribution in [3.05, 3.63) is 57.3 Å². The average molecular weight is 463 g/mol. The summed E-state index contributed by atoms with van der Waals surface area (Å²) in [7, 11) is 0. The number of piperazine rings is 1. The molecule has 10 heteroatoms. The van der Waals surface area contributed by atoms with Crippen LogP contribution in [0, 0.1) is 11.7 Å². The molecular weight excluding hydrogens is 443 g/mol. The summed E-state index contributed by atoms with van der Waals surface area (Å²) in [5.41, 5.74) is 1.26. The highest BCUT2D eigenvalue weighted by atomic mass is 35.5. The van der Waals surface area contributed by atoms with E-state index in [9.17, 15) is 14.0 Å². The van der Waals surface area contributed by atoms with Crippen molar-refractivity contribution in [3.8, 4) is 11.5 Å². The highest BCUT2D eigenvalue weighted by molar-refractivity contribution is 7.14. The van der Waals surface area contributed by atoms with E-state index in [1.807, 2.05) is 25.3 Å². The van der Waals surface area contributed by atoms with Gasteiger partial charge in [0, 0.05) is 17.7 Å². The van der Waals surface area contributed by atoms with Gasteiger partial charge in [0.05, 0.1) is 10.4 Å². The summed E-state index contributed by atoms with van der Waals surface area (Å²) in [5, 5.41) is 8.62. The Kier molecular flexibility index (Phi) is 6.06. The zero-order valence-electron chi connectivity index (χ0n) is 16.8. The summed E-state index contributed by atoms with van der Waals surface area (Å²) in [6.07, 6.45) is 0.490. The number of benzene rings is 1. The van der Waals surface area contributed by atoms with Gasteiger partial charge < -0.3 is 14.7 Å². The number of amides is 2. The van der Waals surface area contributed by atoms with Gasteiger partial charge in [-0.1, -0.05) is 30.6 Å². The minimum Gasteiger partial charge on any atom is -0.346 e. The molecule has 1 aliphatic heterocycles. The molecule has 1 aromatic carbocycles. The molecule has 1 N–H and O–H groups in total. The number of rotatable bonds is 5. The molecule has 0 aliphatic carbocycles. The maximum atomic E-state index is 13.3. The lowest BCUT2D eigenvalue weighted by atomic mass is 9.96. The maximum absolute atomic E-state index is 13.3. The van der Waals surface area contributed by atoms with E-state index in [2.05, 4.69) is 15.5 Å². The van der Waals surface area contributed by atoms with Crippen molar-refractivity contribution in [2.24, 2.45) is 5.92 Å². The van der Waals surface area contributed by atoms with E-state index < -0.39 is 23.8 Å². The van der Waals surface area contributed by atoms with E-state index in [-0.39, 0.29) is 30.1 Å². The lowest BCUT2D eigenvalue weighted by Crippen LogP contribution is -2.58. The Labute approximate surface area is 187 Å². The quantitative estimate of drug-likeness (QED) is 0.610. The largest absolute Gasteiger partial charge is 0.346 e. The summed E-state index contributed by atoms with van der Waals surface area (Å²) >= 11 is 7.63. The van der Waals surface area contributed by atoms with Crippen LogP contribution in [0.15, 0.2) is 40.2 Å². The second kappa shape index (κ2) is 8.76. The monoisotopic (exact) mass is 462 g/mol. The van der Waals surface area contributed by atoms with Crippen LogP contribution in [0.3, 0.4) is 0 Å². The number of nitrogens with zero attached hydrogens (tertiary/aromatic N) is 3. The molecule has 0 spiro atoms. The van der Waals surface area contributed by atoms with Gasteiger partial charge in [0.2, 0.25) is 5.91 Å². The predicted molar refractivity (Wildman–Crippen MR) is 114 cm³/mol. The van der Waals surface area contributed by atoms with E-state index in [0.717, 1.165) is 5.56 Å². The van der Waals surface area contributed by atoms with Crippen molar-refractivity contribution in [3.63, 3.8) is 0 Å². The van der Waals surface area contributed by atoms with Crippen molar-refractivity contribution in [2.45, 2.75) is 32.4 Å². The van der Waals surface area contributed by atoms with Crippen LogP contribution in [0.5, 0.6) is 0 Å². The molecule has 1 aliphatic rings. The first-order valence-electron chi connectivity index (χ1n) is 9.77. The van der Waals surface area contributed by atoms with Crippen LogP contribution in [0.2, 0.25) is 4.34 Å². The first-order valence-corrected chi connectivity index (χ1v) is 11.0. The van der Waals surface area contributed by atoms with Gasteiger partial charge in [0.25, 0.3) is 17.6 Å². The van der Waals surface area contributed by atoms with Crippen LogP contribution in [0.1, 0.15) is 42.5 Å². The van der Waals surface area contributed by atoms with Gasteiger partial charge in [-0.05, 0) is 48.1 Å². The molecule has 1 saturated heterocycles. The molecule has 3 heterocycles. The highest BCUT2D eigenvalue weighted by Crippen LogP contribution is 2.32. The number of aromatic nitrogens is 2. The number of nitrogens with one attached hydrogen (secondary N) is 1. The maximum Gasteiger partial charge on any atom is 0.296 e. The number of hydrogen-bond donors (Lipinski definition) is 1. The molecule has 0 bridgehead atoms. The Morgan fingerprint density at radius 1 is 1.35 bits per heavy atom. The predicted octanol–water partition coefficient (Wildman–Crippen LogP) is 4.32. The van der Waals surface area contributed by atoms with E-state index in [1.165, 1.54) is 40.5 Å². The third kappa shape index (κ3) is 4.47. The second-order valence-electron chi connectivity index (χ2n) is 7.74. The summed E-state index contributed by atoms with van der Waals surface area (Å²) in [4.78, 5) is 31.9. The zero-order chi connectivity index (χ0) is 22.1. The van der Waals surface area contributed by atoms with Crippen molar-refractivity contribution in [2.75, 3.05) is 6.54 Å². The standard InChI is InChI=1S/C21H20ClFN4O3S/c1-11(2)9-16-19(28)24-15(14-7-8-31-17(14)22)10-27(16)21(29)18-25-20(30-26-18)12-3-5-13(23)6-4-12/h3-8,11,15-16H,9-10H2,1-2H3,(H,24,28). The third-order valence-corrected chi connectivity index (χ3v) is 6.26. The molecule has 31 heavy (non-hydrogen) atoms. The van der Waals surface area contributed by atoms with Gasteiger partial charge in [-0.3, -0.25) is 9.59 Å². The van der Waals surface area contributed by atoms with Gasteiger partial charge in [0.15, 0.2) is 0 Å².